The number of halogens is 2. The first kappa shape index (κ1) is 21.9. The average Bonchev–Trinajstić information content (AvgIpc) is 2.98. The van der Waals surface area contributed by atoms with Crippen molar-refractivity contribution < 1.29 is 23.8 Å². The molecule has 2 rings (SSSR count). The Hall–Kier alpha value is -1.42. The van der Waals surface area contributed by atoms with E-state index in [1.807, 2.05) is 26.8 Å². The molecule has 0 atom stereocenters. The minimum Gasteiger partial charge on any atom is -0.493 e. The number of alkyl halides is 1. The van der Waals surface area contributed by atoms with Crippen molar-refractivity contribution >= 4 is 52.1 Å². The van der Waals surface area contributed by atoms with Crippen LogP contribution in [0.1, 0.15) is 38.3 Å². The summed E-state index contributed by atoms with van der Waals surface area (Å²) < 4.78 is 16.8. The second-order valence-electron chi connectivity index (χ2n) is 7.05. The van der Waals surface area contributed by atoms with Crippen molar-refractivity contribution in [2.24, 2.45) is 0 Å². The second kappa shape index (κ2) is 9.18. The SMILES string of the molecule is COc1c(NC(=O)OCCCCl)cc2c(c1I)CN(C(=O)OC(C)(C)C)C2. The van der Waals surface area contributed by atoms with E-state index in [-0.39, 0.29) is 12.7 Å². The molecule has 0 radical (unpaired) electrons. The zero-order valence-corrected chi connectivity index (χ0v) is 18.8. The molecule has 0 aromatic heterocycles. The highest BCUT2D eigenvalue weighted by Crippen LogP contribution is 2.39. The van der Waals surface area contributed by atoms with E-state index in [0.717, 1.165) is 14.7 Å². The van der Waals surface area contributed by atoms with E-state index >= 15 is 0 Å². The summed E-state index contributed by atoms with van der Waals surface area (Å²) in [6.07, 6.45) is -0.363. The van der Waals surface area contributed by atoms with Crippen molar-refractivity contribution in [2.45, 2.75) is 45.9 Å². The van der Waals surface area contributed by atoms with Gasteiger partial charge in [-0.25, -0.2) is 9.59 Å². The maximum absolute atomic E-state index is 12.4. The lowest BCUT2D eigenvalue weighted by atomic mass is 10.1. The number of carbonyl (C=O) groups is 2. The third-order valence-electron chi connectivity index (χ3n) is 3.73. The van der Waals surface area contributed by atoms with Crippen LogP contribution >= 0.6 is 34.2 Å². The number of rotatable bonds is 5. The third-order valence-corrected chi connectivity index (χ3v) is 5.14. The number of hydrogen-bond acceptors (Lipinski definition) is 5. The Kier molecular flexibility index (Phi) is 7.44. The molecule has 1 N–H and O–H groups in total. The van der Waals surface area contributed by atoms with Gasteiger partial charge in [-0.05, 0) is 67.0 Å². The Morgan fingerprint density at radius 1 is 1.33 bits per heavy atom. The molecule has 2 amide bonds. The van der Waals surface area contributed by atoms with Crippen molar-refractivity contribution in [2.75, 3.05) is 24.9 Å². The van der Waals surface area contributed by atoms with Crippen molar-refractivity contribution in [1.82, 2.24) is 4.90 Å². The number of benzene rings is 1. The zero-order valence-electron chi connectivity index (χ0n) is 15.9. The van der Waals surface area contributed by atoms with Crippen molar-refractivity contribution in [1.29, 1.82) is 0 Å². The molecule has 1 aliphatic rings. The highest BCUT2D eigenvalue weighted by Gasteiger charge is 2.31. The summed E-state index contributed by atoms with van der Waals surface area (Å²) >= 11 is 7.74. The minimum atomic E-state index is -0.573. The van der Waals surface area contributed by atoms with Gasteiger partial charge in [-0.15, -0.1) is 11.6 Å². The number of fused-ring (bicyclic) bond motifs is 1. The first-order valence-electron chi connectivity index (χ1n) is 8.52. The number of nitrogens with zero attached hydrogens (tertiary/aromatic N) is 1. The summed E-state index contributed by atoms with van der Waals surface area (Å²) in [6, 6.07) is 1.81. The maximum atomic E-state index is 12.4. The lowest BCUT2D eigenvalue weighted by Gasteiger charge is -2.24. The second-order valence-corrected chi connectivity index (χ2v) is 8.51. The van der Waals surface area contributed by atoms with Gasteiger partial charge in [-0.1, -0.05) is 0 Å². The molecule has 150 valence electrons. The fraction of sp³-hybridized carbons (Fsp3) is 0.556. The molecule has 1 heterocycles. The summed E-state index contributed by atoms with van der Waals surface area (Å²) in [5, 5.41) is 2.70. The summed E-state index contributed by atoms with van der Waals surface area (Å²) in [5.41, 5.74) is 1.86. The number of nitrogens with one attached hydrogen (secondary N) is 1. The predicted octanol–water partition coefficient (Wildman–Crippen LogP) is 4.73. The first-order chi connectivity index (χ1) is 12.7. The van der Waals surface area contributed by atoms with E-state index in [2.05, 4.69) is 27.9 Å². The Morgan fingerprint density at radius 3 is 2.63 bits per heavy atom. The van der Waals surface area contributed by atoms with Crippen LogP contribution in [0, 0.1) is 3.57 Å². The van der Waals surface area contributed by atoms with Crippen LogP contribution in [0.4, 0.5) is 15.3 Å². The lowest BCUT2D eigenvalue weighted by molar-refractivity contribution is 0.0241. The molecule has 0 bridgehead atoms. The van der Waals surface area contributed by atoms with Gasteiger partial charge in [-0.2, -0.15) is 0 Å². The average molecular weight is 511 g/mol. The molecule has 0 saturated carbocycles. The van der Waals surface area contributed by atoms with Crippen LogP contribution in [0.3, 0.4) is 0 Å². The first-order valence-corrected chi connectivity index (χ1v) is 10.1. The summed E-state index contributed by atoms with van der Waals surface area (Å²) in [4.78, 5) is 26.0. The van der Waals surface area contributed by atoms with Crippen LogP contribution in [0.2, 0.25) is 0 Å². The van der Waals surface area contributed by atoms with Crippen LogP contribution in [-0.4, -0.2) is 42.3 Å². The molecule has 0 unspecified atom stereocenters. The number of ether oxygens (including phenoxy) is 3. The van der Waals surface area contributed by atoms with E-state index in [4.69, 9.17) is 25.8 Å². The third kappa shape index (κ3) is 5.78. The van der Waals surface area contributed by atoms with Gasteiger partial charge in [0.25, 0.3) is 0 Å². The van der Waals surface area contributed by atoms with Gasteiger partial charge in [-0.3, -0.25) is 10.2 Å². The van der Waals surface area contributed by atoms with Crippen LogP contribution < -0.4 is 10.1 Å². The molecule has 0 saturated heterocycles. The van der Waals surface area contributed by atoms with Crippen molar-refractivity contribution in [3.05, 3.63) is 20.8 Å². The highest BCUT2D eigenvalue weighted by atomic mass is 127. The quantitative estimate of drug-likeness (QED) is 0.352. The van der Waals surface area contributed by atoms with Crippen molar-refractivity contribution in [3.63, 3.8) is 0 Å². The molecule has 1 aliphatic heterocycles. The number of methoxy groups -OCH3 is 1. The Bertz CT molecular complexity index is 721. The molecular weight excluding hydrogens is 487 g/mol. The zero-order chi connectivity index (χ0) is 20.2. The van der Waals surface area contributed by atoms with Gasteiger partial charge < -0.3 is 14.2 Å². The van der Waals surface area contributed by atoms with Gasteiger partial charge in [0.1, 0.15) is 5.60 Å². The number of hydrogen-bond donors (Lipinski definition) is 1. The van der Waals surface area contributed by atoms with E-state index in [0.29, 0.717) is 36.8 Å². The lowest BCUT2D eigenvalue weighted by Crippen LogP contribution is -2.33. The Labute approximate surface area is 177 Å². The summed E-state index contributed by atoms with van der Waals surface area (Å²) in [5.74, 6) is 0.961. The van der Waals surface area contributed by atoms with Gasteiger partial charge in [0, 0.05) is 12.4 Å². The Morgan fingerprint density at radius 2 is 2.04 bits per heavy atom. The largest absolute Gasteiger partial charge is 0.493 e. The Balaban J connectivity index is 2.18. The summed E-state index contributed by atoms with van der Waals surface area (Å²) in [6.45, 7) is 6.57. The molecule has 1 aromatic rings. The highest BCUT2D eigenvalue weighted by molar-refractivity contribution is 14.1. The van der Waals surface area contributed by atoms with Crippen molar-refractivity contribution in [3.8, 4) is 5.75 Å². The van der Waals surface area contributed by atoms with Gasteiger partial charge in [0.2, 0.25) is 0 Å². The molecule has 7 nitrogen and oxygen atoms in total. The van der Waals surface area contributed by atoms with Crippen LogP contribution in [-0.2, 0) is 22.6 Å². The number of carbonyl (C=O) groups excluding carboxylic acids is 2. The van der Waals surface area contributed by atoms with E-state index in [1.54, 1.807) is 4.90 Å². The van der Waals surface area contributed by atoms with Crippen LogP contribution in [0.25, 0.3) is 0 Å². The van der Waals surface area contributed by atoms with Crippen LogP contribution in [0.15, 0.2) is 6.07 Å². The molecule has 0 aliphatic carbocycles. The molecule has 9 heteroatoms. The molecule has 0 spiro atoms. The van der Waals surface area contributed by atoms with E-state index in [1.165, 1.54) is 7.11 Å². The predicted molar refractivity (Wildman–Crippen MR) is 111 cm³/mol. The van der Waals surface area contributed by atoms with Gasteiger partial charge >= 0.3 is 12.2 Å². The smallest absolute Gasteiger partial charge is 0.411 e. The number of anilines is 1. The fourth-order valence-electron chi connectivity index (χ4n) is 2.60. The van der Waals surface area contributed by atoms with E-state index < -0.39 is 11.7 Å². The topological polar surface area (TPSA) is 77.1 Å². The molecule has 0 fully saturated rings. The number of amides is 2. The van der Waals surface area contributed by atoms with Gasteiger partial charge in [0.05, 0.1) is 29.5 Å². The molecule has 27 heavy (non-hydrogen) atoms. The summed E-state index contributed by atoms with van der Waals surface area (Å²) in [7, 11) is 1.54. The maximum Gasteiger partial charge on any atom is 0.411 e. The van der Waals surface area contributed by atoms with E-state index in [9.17, 15) is 9.59 Å². The standard InChI is InChI=1S/C18H24ClIN2O5/c1-18(2,3)27-17(24)22-9-11-8-13(21-16(23)26-7-5-6-19)15(25-4)14(20)12(11)10-22/h8H,5-7,9-10H2,1-4H3,(H,21,23). The minimum absolute atomic E-state index is 0.242. The monoisotopic (exact) mass is 510 g/mol. The van der Waals surface area contributed by atoms with Gasteiger partial charge in [0.15, 0.2) is 5.75 Å². The molecule has 1 aromatic carbocycles. The normalized spacial score (nSPS) is 13.2. The van der Waals surface area contributed by atoms with Crippen LogP contribution in [0.5, 0.6) is 5.75 Å². The fourth-order valence-corrected chi connectivity index (χ4v) is 3.74. The molecular formula is C18H24ClIN2O5.